The van der Waals surface area contributed by atoms with Crippen molar-refractivity contribution < 1.29 is 13.2 Å². The Labute approximate surface area is 159 Å². The molecule has 0 amide bonds. The van der Waals surface area contributed by atoms with Crippen LogP contribution in [-0.4, -0.2) is 69.2 Å². The minimum atomic E-state index is -3.04. The molecule has 1 spiro atoms. The third kappa shape index (κ3) is 4.71. The molecule has 1 saturated carbocycles. The third-order valence-electron chi connectivity index (χ3n) is 5.83. The fourth-order valence-electron chi connectivity index (χ4n) is 4.12. The number of hydrogen-bond donors (Lipinski definition) is 1. The predicted octanol–water partition coefficient (Wildman–Crippen LogP) is 2.45. The van der Waals surface area contributed by atoms with Crippen LogP contribution in [0, 0.1) is 5.41 Å². The van der Waals surface area contributed by atoms with Crippen LogP contribution in [0.25, 0.3) is 0 Å². The zero-order valence-corrected chi connectivity index (χ0v) is 18.0. The fraction of sp³-hybridized carbons (Fsp3) is 0.947. The van der Waals surface area contributed by atoms with Crippen LogP contribution in [0.5, 0.6) is 0 Å². The lowest BCUT2D eigenvalue weighted by Gasteiger charge is -2.45. The van der Waals surface area contributed by atoms with E-state index in [1.807, 2.05) is 6.92 Å². The molecule has 0 bridgehead atoms. The predicted molar refractivity (Wildman–Crippen MR) is 107 cm³/mol. The molecule has 1 atom stereocenters. The summed E-state index contributed by atoms with van der Waals surface area (Å²) in [6.45, 7) is 10.9. The molecule has 1 aliphatic carbocycles. The largest absolute Gasteiger partial charge is 0.379 e. The zero-order chi connectivity index (χ0) is 19.4. The Kier molecular flexibility index (Phi) is 6.99. The van der Waals surface area contributed by atoms with E-state index in [0.717, 1.165) is 44.6 Å². The van der Waals surface area contributed by atoms with Gasteiger partial charge < -0.3 is 15.0 Å². The first-order valence-electron chi connectivity index (χ1n) is 9.93. The van der Waals surface area contributed by atoms with Gasteiger partial charge >= 0.3 is 0 Å². The van der Waals surface area contributed by atoms with E-state index in [2.05, 4.69) is 31.0 Å². The molecule has 0 radical (unpaired) electrons. The van der Waals surface area contributed by atoms with Gasteiger partial charge in [-0.2, -0.15) is 0 Å². The average Bonchev–Trinajstić information content (AvgIpc) is 2.57. The maximum Gasteiger partial charge on any atom is 0.194 e. The topological polar surface area (TPSA) is 71.0 Å². The van der Waals surface area contributed by atoms with E-state index in [4.69, 9.17) is 9.73 Å². The number of nitrogens with one attached hydrogen (secondary N) is 1. The zero-order valence-electron chi connectivity index (χ0n) is 17.2. The Morgan fingerprint density at radius 1 is 1.27 bits per heavy atom. The van der Waals surface area contributed by atoms with Crippen LogP contribution >= 0.6 is 0 Å². The lowest BCUT2D eigenvalue weighted by Crippen LogP contribution is -2.60. The van der Waals surface area contributed by atoms with Crippen molar-refractivity contribution in [3.63, 3.8) is 0 Å². The molecule has 1 saturated heterocycles. The smallest absolute Gasteiger partial charge is 0.194 e. The highest BCUT2D eigenvalue weighted by molar-refractivity contribution is 7.92. The van der Waals surface area contributed by atoms with Crippen LogP contribution in [0.4, 0.5) is 0 Å². The highest BCUT2D eigenvalue weighted by Gasteiger charge is 2.48. The molecule has 0 aromatic heterocycles. The average molecular weight is 388 g/mol. The third-order valence-corrected chi connectivity index (χ3v) is 8.40. The van der Waals surface area contributed by atoms with Crippen LogP contribution in [0.2, 0.25) is 0 Å². The first kappa shape index (κ1) is 21.5. The van der Waals surface area contributed by atoms with Crippen molar-refractivity contribution in [1.29, 1.82) is 0 Å². The number of rotatable bonds is 4. The van der Waals surface area contributed by atoms with E-state index in [1.165, 1.54) is 0 Å². The van der Waals surface area contributed by atoms with Crippen molar-refractivity contribution in [2.24, 2.45) is 10.4 Å². The quantitative estimate of drug-likeness (QED) is 0.593. The van der Waals surface area contributed by atoms with Gasteiger partial charge in [0.1, 0.15) is 0 Å². The van der Waals surface area contributed by atoms with Gasteiger partial charge in [-0.25, -0.2) is 8.42 Å². The van der Waals surface area contributed by atoms with E-state index < -0.39 is 14.6 Å². The molecule has 1 aliphatic heterocycles. The van der Waals surface area contributed by atoms with E-state index >= 15 is 0 Å². The Bertz CT molecular complexity index is 590. The fourth-order valence-corrected chi connectivity index (χ4v) is 6.27. The van der Waals surface area contributed by atoms with Crippen LogP contribution in [-0.2, 0) is 14.6 Å². The van der Waals surface area contributed by atoms with E-state index in [1.54, 1.807) is 7.11 Å². The summed E-state index contributed by atoms with van der Waals surface area (Å²) in [6, 6.07) is 0. The van der Waals surface area contributed by atoms with Gasteiger partial charge in [-0.05, 0) is 25.2 Å². The Morgan fingerprint density at radius 2 is 1.92 bits per heavy atom. The summed E-state index contributed by atoms with van der Waals surface area (Å²) in [5.74, 6) is 1.04. The van der Waals surface area contributed by atoms with Crippen molar-refractivity contribution in [2.45, 2.75) is 70.7 Å². The second kappa shape index (κ2) is 8.46. The highest BCUT2D eigenvalue weighted by Crippen LogP contribution is 2.38. The van der Waals surface area contributed by atoms with Crippen LogP contribution in [0.1, 0.15) is 59.8 Å². The van der Waals surface area contributed by atoms with Crippen molar-refractivity contribution >= 4 is 15.8 Å². The lowest BCUT2D eigenvalue weighted by molar-refractivity contribution is 0.0239. The Morgan fingerprint density at radius 3 is 2.46 bits per heavy atom. The second-order valence-corrected chi connectivity index (χ2v) is 11.3. The van der Waals surface area contributed by atoms with Crippen LogP contribution in [0.3, 0.4) is 0 Å². The van der Waals surface area contributed by atoms with Crippen molar-refractivity contribution in [3.8, 4) is 0 Å². The first-order chi connectivity index (χ1) is 12.1. The van der Waals surface area contributed by atoms with Crippen molar-refractivity contribution in [2.75, 3.05) is 39.0 Å². The molecule has 1 heterocycles. The lowest BCUT2D eigenvalue weighted by atomic mass is 9.87. The van der Waals surface area contributed by atoms with Gasteiger partial charge in [0.15, 0.2) is 15.8 Å². The minimum absolute atomic E-state index is 0.00536. The molecule has 0 aromatic rings. The van der Waals surface area contributed by atoms with Crippen LogP contribution in [0.15, 0.2) is 4.99 Å². The molecule has 7 heteroatoms. The Hall–Kier alpha value is -0.820. The maximum absolute atomic E-state index is 12.8. The van der Waals surface area contributed by atoms with Gasteiger partial charge in [0, 0.05) is 26.7 Å². The highest BCUT2D eigenvalue weighted by atomic mass is 32.2. The SMILES string of the molecule is CCNC(=NCC(OC)C(C)(C)C)N1CCS(=O)(=O)C2(CCCCC2)C1. The summed E-state index contributed by atoms with van der Waals surface area (Å²) in [4.78, 5) is 6.97. The molecular formula is C19H37N3O3S. The minimum Gasteiger partial charge on any atom is -0.379 e. The van der Waals surface area contributed by atoms with E-state index in [0.29, 0.717) is 19.6 Å². The molecule has 26 heavy (non-hydrogen) atoms. The molecule has 2 aliphatic rings. The monoisotopic (exact) mass is 387 g/mol. The van der Waals surface area contributed by atoms with Crippen LogP contribution < -0.4 is 5.32 Å². The molecular weight excluding hydrogens is 350 g/mol. The number of aliphatic imine (C=N–C) groups is 1. The van der Waals surface area contributed by atoms with Gasteiger partial charge in [-0.15, -0.1) is 0 Å². The number of sulfone groups is 1. The molecule has 2 rings (SSSR count). The molecule has 1 unspecified atom stereocenters. The standard InChI is InChI=1S/C19H37N3O3S/c1-6-20-17(21-14-16(25-5)18(2,3)4)22-12-13-26(23,24)19(15-22)10-8-7-9-11-19/h16H,6-15H2,1-5H3,(H,20,21). The van der Waals surface area contributed by atoms with E-state index in [-0.39, 0.29) is 17.3 Å². The number of ether oxygens (including phenoxy) is 1. The first-order valence-corrected chi connectivity index (χ1v) is 11.6. The normalized spacial score (nSPS) is 24.5. The summed E-state index contributed by atoms with van der Waals surface area (Å²) in [7, 11) is -1.31. The summed E-state index contributed by atoms with van der Waals surface area (Å²) in [6.07, 6.45) is 4.76. The number of nitrogens with zero attached hydrogens (tertiary/aromatic N) is 2. The molecule has 0 aromatic carbocycles. The van der Waals surface area contributed by atoms with Crippen molar-refractivity contribution in [3.05, 3.63) is 0 Å². The summed E-state index contributed by atoms with van der Waals surface area (Å²) in [5, 5.41) is 3.36. The number of hydrogen-bond acceptors (Lipinski definition) is 4. The Balaban J connectivity index is 2.20. The summed E-state index contributed by atoms with van der Waals surface area (Å²) in [5.41, 5.74) is 0.00536. The van der Waals surface area contributed by atoms with Gasteiger partial charge in [0.05, 0.1) is 23.1 Å². The molecule has 152 valence electrons. The van der Waals surface area contributed by atoms with Gasteiger partial charge in [0.2, 0.25) is 0 Å². The summed E-state index contributed by atoms with van der Waals surface area (Å²) >= 11 is 0. The number of methoxy groups -OCH3 is 1. The summed E-state index contributed by atoms with van der Waals surface area (Å²) < 4.78 is 30.7. The van der Waals surface area contributed by atoms with Gasteiger partial charge in [-0.3, -0.25) is 4.99 Å². The molecule has 6 nitrogen and oxygen atoms in total. The van der Waals surface area contributed by atoms with Gasteiger partial charge in [-0.1, -0.05) is 40.0 Å². The maximum atomic E-state index is 12.8. The molecule has 2 fully saturated rings. The van der Waals surface area contributed by atoms with E-state index in [9.17, 15) is 8.42 Å². The number of guanidine groups is 1. The molecule has 1 N–H and O–H groups in total. The van der Waals surface area contributed by atoms with Gasteiger partial charge in [0.25, 0.3) is 0 Å². The van der Waals surface area contributed by atoms with Crippen molar-refractivity contribution in [1.82, 2.24) is 10.2 Å². The second-order valence-electron chi connectivity index (χ2n) is 8.77.